The van der Waals surface area contributed by atoms with Gasteiger partial charge in [0.25, 0.3) is 0 Å². The van der Waals surface area contributed by atoms with Gasteiger partial charge in [0.2, 0.25) is 0 Å². The van der Waals surface area contributed by atoms with Crippen LogP contribution in [0.2, 0.25) is 20.1 Å². The van der Waals surface area contributed by atoms with E-state index in [1.54, 1.807) is 11.3 Å². The summed E-state index contributed by atoms with van der Waals surface area (Å²) in [4.78, 5) is 9.31. The van der Waals surface area contributed by atoms with Gasteiger partial charge in [-0.2, -0.15) is 0 Å². The Labute approximate surface area is 831 Å². The molecule has 6 nitrogen and oxygen atoms in total. The lowest BCUT2D eigenvalue weighted by Crippen LogP contribution is -2.10. The van der Waals surface area contributed by atoms with Crippen LogP contribution in [-0.4, -0.2) is 0 Å². The molecule has 138 heavy (non-hydrogen) atoms. The highest BCUT2D eigenvalue weighted by Gasteiger charge is 2.26. The van der Waals surface area contributed by atoms with E-state index in [0.29, 0.717) is 10.0 Å². The highest BCUT2D eigenvalue weighted by Crippen LogP contribution is 2.53. The summed E-state index contributed by atoms with van der Waals surface area (Å²) in [5, 5.41) is 19.6. The van der Waals surface area contributed by atoms with Crippen LogP contribution in [0.4, 0.5) is 68.2 Å². The molecule has 0 amide bonds. The highest BCUT2D eigenvalue weighted by molar-refractivity contribution is 7.28. The van der Waals surface area contributed by atoms with Crippen LogP contribution in [0.1, 0.15) is 0 Å². The summed E-state index contributed by atoms with van der Waals surface area (Å²) in [7, 11) is 0. The second-order valence-electron chi connectivity index (χ2n) is 33.8. The van der Waals surface area contributed by atoms with Crippen molar-refractivity contribution in [2.45, 2.75) is 0 Å². The maximum Gasteiger partial charge on any atom is 0.153 e. The minimum Gasteiger partial charge on any atom is -0.454 e. The Morgan fingerprint density at radius 3 is 1.07 bits per heavy atom. The quantitative estimate of drug-likeness (QED) is 0.108. The second kappa shape index (κ2) is 37.1. The fourth-order valence-corrected chi connectivity index (χ4v) is 24.7. The molecule has 0 N–H and O–H groups in total. The van der Waals surface area contributed by atoms with Gasteiger partial charge in [-0.3, -0.25) is 0 Å². The number of fused-ring (bicyclic) bond motifs is 20. The number of thiophene rings is 4. The molecule has 0 atom stereocenters. The van der Waals surface area contributed by atoms with Crippen molar-refractivity contribution >= 4 is 295 Å². The number of furan rings is 2. The van der Waals surface area contributed by atoms with Crippen LogP contribution in [0.3, 0.4) is 0 Å². The number of benzene rings is 21. The molecule has 658 valence electrons. The molecule has 0 saturated heterocycles. The smallest absolute Gasteiger partial charge is 0.153 e. The summed E-state index contributed by atoms with van der Waals surface area (Å²) in [6, 6.07) is 166. The molecule has 27 aromatic rings. The minimum absolute atomic E-state index is 0.630. The number of rotatable bonds is 14. The number of para-hydroxylation sites is 7. The molecule has 0 aliphatic carbocycles. The molecule has 0 saturated carbocycles. The van der Waals surface area contributed by atoms with Crippen LogP contribution in [0.5, 0.6) is 0 Å². The van der Waals surface area contributed by atoms with Gasteiger partial charge in [0.05, 0.1) is 35.8 Å². The first-order valence-corrected chi connectivity index (χ1v) is 50.3. The summed E-state index contributed by atoms with van der Waals surface area (Å²) in [5.41, 5.74) is 21.4. The molecule has 0 spiro atoms. The highest BCUT2D eigenvalue weighted by atomic mass is 35.5. The normalized spacial score (nSPS) is 11.5. The topological polar surface area (TPSA) is 39.2 Å². The van der Waals surface area contributed by atoms with Gasteiger partial charge in [-0.05, 0) is 222 Å². The summed E-state index contributed by atoms with van der Waals surface area (Å²) in [6.45, 7) is 0. The lowest BCUT2D eigenvalue weighted by molar-refractivity contribution is 0.668. The van der Waals surface area contributed by atoms with Crippen LogP contribution < -0.4 is 19.6 Å². The van der Waals surface area contributed by atoms with Gasteiger partial charge < -0.3 is 28.4 Å². The maximum atomic E-state index is 6.57. The monoisotopic (exact) mass is 1920 g/mol. The zero-order valence-electron chi connectivity index (χ0n) is 73.8. The van der Waals surface area contributed by atoms with Crippen LogP contribution >= 0.6 is 91.8 Å². The standard InChI is InChI=1S/C42H26ClNS2.C30H18ClNOS.C28H18ClNS.C24H16ClNO/c43-30-20-16-29(17-21-30)33-11-6-12-36-37-26-32(24-25-40(37)45-41(33)36)44(31-22-18-28(19-23-31)27-8-2-1-3-9-27)38-14-7-13-35-34-10-4-5-15-39(34)46-42(35)38;31-26-11-6-10-23-24-17-20(13-15-27(24)33-30(23)26)32(19-7-2-1-3-8-19)21-14-16-29-25(18-21)22-9-4-5-12-28(22)34-29;29-25-17-9-16-23-24-18-26(21-14-7-8-15-22(21)27(24)31-28(23)25)30(19-10-3-1-4-11-19)20-12-5-2-6-13-20;25-22-13-7-12-20-21-16-19(14-15-23(21)27-24(20)22)26(17-8-3-1-4-9-17)18-10-5-2-6-11-18/h1-26H;1-18H;1-18H;1-16H. The summed E-state index contributed by atoms with van der Waals surface area (Å²) in [6.07, 6.45) is 0. The van der Waals surface area contributed by atoms with Crippen molar-refractivity contribution in [3.8, 4) is 22.3 Å². The van der Waals surface area contributed by atoms with E-state index >= 15 is 0 Å². The van der Waals surface area contributed by atoms with Crippen molar-refractivity contribution < 1.29 is 8.83 Å². The molecular weight excluding hydrogens is 1850 g/mol. The Morgan fingerprint density at radius 1 is 0.174 bits per heavy atom. The third-order valence-corrected chi connectivity index (χ3v) is 31.6. The van der Waals surface area contributed by atoms with E-state index < -0.39 is 0 Å². The van der Waals surface area contributed by atoms with Crippen molar-refractivity contribution in [2.75, 3.05) is 19.6 Å². The van der Waals surface area contributed by atoms with Crippen LogP contribution in [0, 0.1) is 0 Å². The first-order chi connectivity index (χ1) is 68.1. The van der Waals surface area contributed by atoms with Gasteiger partial charge in [-0.1, -0.05) is 319 Å². The summed E-state index contributed by atoms with van der Waals surface area (Å²) >= 11 is 32.9. The van der Waals surface area contributed by atoms with Crippen molar-refractivity contribution in [1.29, 1.82) is 0 Å². The molecular formula is C124H78Cl4N4O2S4. The first kappa shape index (κ1) is 85.6. The molecule has 0 aliphatic rings. The Balaban J connectivity index is 0.000000102. The molecule has 0 aliphatic heterocycles. The zero-order chi connectivity index (χ0) is 92.3. The number of hydrogen-bond acceptors (Lipinski definition) is 10. The average molecular weight is 1930 g/mol. The van der Waals surface area contributed by atoms with Crippen molar-refractivity contribution in [2.24, 2.45) is 0 Å². The predicted octanol–water partition coefficient (Wildman–Crippen LogP) is 41.0. The first-order valence-electron chi connectivity index (χ1n) is 45.5. The Morgan fingerprint density at radius 2 is 0.514 bits per heavy atom. The fraction of sp³-hybridized carbons (Fsp3) is 0. The molecule has 27 rings (SSSR count). The van der Waals surface area contributed by atoms with Gasteiger partial charge in [-0.15, -0.1) is 45.3 Å². The predicted molar refractivity (Wildman–Crippen MR) is 599 cm³/mol. The fourth-order valence-electron chi connectivity index (χ4n) is 19.1. The number of anilines is 12. The third-order valence-electron chi connectivity index (χ3n) is 25.5. The van der Waals surface area contributed by atoms with Crippen LogP contribution in [0.15, 0.2) is 482 Å². The Bertz CT molecular complexity index is 9160. The van der Waals surface area contributed by atoms with Crippen molar-refractivity contribution in [1.82, 2.24) is 0 Å². The van der Waals surface area contributed by atoms with Crippen LogP contribution in [-0.2, 0) is 0 Å². The largest absolute Gasteiger partial charge is 0.454 e. The lowest BCUT2D eigenvalue weighted by atomic mass is 10.0. The molecule has 0 fully saturated rings. The van der Waals surface area contributed by atoms with E-state index in [1.165, 1.54) is 120 Å². The Hall–Kier alpha value is -15.3. The van der Waals surface area contributed by atoms with Gasteiger partial charge >= 0.3 is 0 Å². The third kappa shape index (κ3) is 16.1. The SMILES string of the molecule is Clc1ccc(-c2cccc3c2sc2ccc(N(c4ccc(-c5ccccc5)cc4)c4cccc5c4sc4ccccc45)cc23)cc1.Clc1cccc2c1oc1ccc(N(c3ccccc3)c3ccc4sc5ccccc5c4c3)cc12.Clc1cccc2c1oc1ccc(N(c3ccccc3)c3ccccc3)cc12.Clc1cccc2c1sc1c3ccccc3c(N(c3ccccc3)c3ccccc3)cc21. The molecule has 6 heterocycles. The van der Waals surface area contributed by atoms with E-state index in [1.807, 2.05) is 119 Å². The number of hydrogen-bond donors (Lipinski definition) is 0. The molecule has 0 unspecified atom stereocenters. The summed E-state index contributed by atoms with van der Waals surface area (Å²) in [5.74, 6) is 0. The molecule has 0 bridgehead atoms. The van der Waals surface area contributed by atoms with Gasteiger partial charge in [-0.25, -0.2) is 0 Å². The molecule has 14 heteroatoms. The minimum atomic E-state index is 0.630. The van der Waals surface area contributed by atoms with E-state index in [4.69, 9.17) is 55.2 Å². The number of halogens is 4. The van der Waals surface area contributed by atoms with Gasteiger partial charge in [0.1, 0.15) is 11.2 Å². The van der Waals surface area contributed by atoms with Crippen molar-refractivity contribution in [3.63, 3.8) is 0 Å². The van der Waals surface area contributed by atoms with E-state index in [2.05, 4.69) is 408 Å². The molecule has 6 aromatic heterocycles. The van der Waals surface area contributed by atoms with E-state index in [9.17, 15) is 0 Å². The zero-order valence-corrected chi connectivity index (χ0v) is 80.1. The van der Waals surface area contributed by atoms with Gasteiger partial charge in [0, 0.05) is 166 Å². The van der Waals surface area contributed by atoms with E-state index in [-0.39, 0.29) is 0 Å². The van der Waals surface area contributed by atoms with Gasteiger partial charge in [0.15, 0.2) is 11.2 Å². The van der Waals surface area contributed by atoms with E-state index in [0.717, 1.165) is 115 Å². The van der Waals surface area contributed by atoms with Crippen molar-refractivity contribution in [3.05, 3.63) is 493 Å². The lowest BCUT2D eigenvalue weighted by Gasteiger charge is -2.27. The Kier molecular flexibility index (Phi) is 23.0. The molecule has 0 radical (unpaired) electrons. The average Bonchev–Trinajstić information content (AvgIpc) is 1.55. The second-order valence-corrected chi connectivity index (χ2v) is 39.6. The maximum absolute atomic E-state index is 6.57. The van der Waals surface area contributed by atoms with Crippen LogP contribution in [0.25, 0.3) is 158 Å². The molecule has 21 aromatic carbocycles. The summed E-state index contributed by atoms with van der Waals surface area (Å²) < 4.78 is 22.2. The number of nitrogens with zero attached hydrogens (tertiary/aromatic N) is 4.